The van der Waals surface area contributed by atoms with Crippen LogP contribution in [0.1, 0.15) is 52.4 Å². The van der Waals surface area contributed by atoms with Crippen LogP contribution in [-0.4, -0.2) is 28.5 Å². The van der Waals surface area contributed by atoms with Crippen molar-refractivity contribution >= 4 is 0 Å². The van der Waals surface area contributed by atoms with E-state index in [4.69, 9.17) is 4.74 Å². The van der Waals surface area contributed by atoms with Gasteiger partial charge in [0, 0.05) is 24.4 Å². The molecule has 4 nitrogen and oxygen atoms in total. The molecule has 2 saturated carbocycles. The molecule has 112 valence electrons. The van der Waals surface area contributed by atoms with Crippen molar-refractivity contribution in [2.75, 3.05) is 6.54 Å². The van der Waals surface area contributed by atoms with Crippen LogP contribution in [0.2, 0.25) is 0 Å². The second-order valence-corrected chi connectivity index (χ2v) is 6.32. The SMILES string of the molecule is CCCNC1CC(Oc2cnn(CC)c2)C12CCCC2. The van der Waals surface area contributed by atoms with Gasteiger partial charge in [-0.15, -0.1) is 0 Å². The molecule has 3 rings (SSSR count). The average molecular weight is 277 g/mol. The quantitative estimate of drug-likeness (QED) is 0.869. The van der Waals surface area contributed by atoms with Crippen molar-refractivity contribution in [3.8, 4) is 5.75 Å². The number of aromatic nitrogens is 2. The Morgan fingerprint density at radius 1 is 1.40 bits per heavy atom. The molecule has 2 fully saturated rings. The van der Waals surface area contributed by atoms with Crippen molar-refractivity contribution in [3.63, 3.8) is 0 Å². The molecule has 0 aliphatic heterocycles. The molecule has 2 unspecified atom stereocenters. The normalized spacial score (nSPS) is 27.7. The summed E-state index contributed by atoms with van der Waals surface area (Å²) in [4.78, 5) is 0. The summed E-state index contributed by atoms with van der Waals surface area (Å²) in [6, 6.07) is 0.663. The van der Waals surface area contributed by atoms with Crippen LogP contribution in [0.25, 0.3) is 0 Å². The van der Waals surface area contributed by atoms with E-state index in [1.807, 2.05) is 17.1 Å². The first-order chi connectivity index (χ1) is 9.78. The monoisotopic (exact) mass is 277 g/mol. The van der Waals surface area contributed by atoms with Gasteiger partial charge in [-0.1, -0.05) is 19.8 Å². The Morgan fingerprint density at radius 2 is 2.20 bits per heavy atom. The van der Waals surface area contributed by atoms with Gasteiger partial charge in [0.1, 0.15) is 6.10 Å². The first-order valence-corrected chi connectivity index (χ1v) is 8.21. The number of nitrogens with one attached hydrogen (secondary N) is 1. The smallest absolute Gasteiger partial charge is 0.157 e. The van der Waals surface area contributed by atoms with Crippen molar-refractivity contribution < 1.29 is 4.74 Å². The van der Waals surface area contributed by atoms with Crippen LogP contribution in [0.15, 0.2) is 12.4 Å². The molecular formula is C16H27N3O. The van der Waals surface area contributed by atoms with Crippen LogP contribution >= 0.6 is 0 Å². The van der Waals surface area contributed by atoms with E-state index >= 15 is 0 Å². The van der Waals surface area contributed by atoms with Gasteiger partial charge >= 0.3 is 0 Å². The summed E-state index contributed by atoms with van der Waals surface area (Å²) in [5, 5.41) is 8.04. The van der Waals surface area contributed by atoms with Crippen molar-refractivity contribution in [1.29, 1.82) is 0 Å². The molecule has 4 heteroatoms. The molecular weight excluding hydrogens is 250 g/mol. The van der Waals surface area contributed by atoms with Crippen LogP contribution in [0.3, 0.4) is 0 Å². The molecule has 0 bridgehead atoms. The zero-order valence-electron chi connectivity index (χ0n) is 12.8. The topological polar surface area (TPSA) is 39.1 Å². The first-order valence-electron chi connectivity index (χ1n) is 8.21. The highest BCUT2D eigenvalue weighted by Gasteiger charge is 2.57. The Balaban J connectivity index is 1.64. The van der Waals surface area contributed by atoms with Gasteiger partial charge in [0.25, 0.3) is 0 Å². The summed E-state index contributed by atoms with van der Waals surface area (Å²) in [5.41, 5.74) is 0.392. The molecule has 2 aliphatic carbocycles. The molecule has 0 saturated heterocycles. The zero-order valence-corrected chi connectivity index (χ0v) is 12.8. The number of nitrogens with zero attached hydrogens (tertiary/aromatic N) is 2. The van der Waals surface area contributed by atoms with Gasteiger partial charge in [-0.3, -0.25) is 4.68 Å². The van der Waals surface area contributed by atoms with Crippen molar-refractivity contribution in [1.82, 2.24) is 15.1 Å². The fraction of sp³-hybridized carbons (Fsp3) is 0.812. The Bertz CT molecular complexity index is 437. The minimum atomic E-state index is 0.383. The van der Waals surface area contributed by atoms with E-state index in [1.54, 1.807) is 0 Å². The second-order valence-electron chi connectivity index (χ2n) is 6.32. The van der Waals surface area contributed by atoms with Crippen molar-refractivity contribution in [2.45, 2.75) is 71.1 Å². The van der Waals surface area contributed by atoms with E-state index in [9.17, 15) is 0 Å². The average Bonchev–Trinajstić information content (AvgIpc) is 3.11. The zero-order chi connectivity index (χ0) is 14.0. The van der Waals surface area contributed by atoms with Gasteiger partial charge in [0.05, 0.1) is 12.4 Å². The number of hydrogen-bond acceptors (Lipinski definition) is 3. The summed E-state index contributed by atoms with van der Waals surface area (Å²) in [6.45, 7) is 6.37. The van der Waals surface area contributed by atoms with Crippen LogP contribution in [-0.2, 0) is 6.54 Å². The van der Waals surface area contributed by atoms with Gasteiger partial charge in [-0.2, -0.15) is 5.10 Å². The standard InChI is InChI=1S/C16H27N3O/c1-3-9-17-14-10-15(16(14)7-5-6-8-16)20-13-11-18-19(4-2)12-13/h11-12,14-15,17H,3-10H2,1-2H3. The van der Waals surface area contributed by atoms with Crippen LogP contribution in [0.5, 0.6) is 5.75 Å². The molecule has 2 aliphatic rings. The summed E-state index contributed by atoms with van der Waals surface area (Å²) in [6.07, 6.45) is 12.0. The van der Waals surface area contributed by atoms with Crippen molar-refractivity contribution in [3.05, 3.63) is 12.4 Å². The lowest BCUT2D eigenvalue weighted by Gasteiger charge is -2.54. The molecule has 1 heterocycles. The van der Waals surface area contributed by atoms with Gasteiger partial charge in [-0.05, 0) is 32.7 Å². The van der Waals surface area contributed by atoms with Gasteiger partial charge in [0.15, 0.2) is 5.75 Å². The Kier molecular flexibility index (Phi) is 4.01. The maximum Gasteiger partial charge on any atom is 0.157 e. The Morgan fingerprint density at radius 3 is 2.85 bits per heavy atom. The first kappa shape index (κ1) is 13.9. The number of aryl methyl sites for hydroxylation is 1. The third kappa shape index (κ3) is 2.34. The third-order valence-electron chi connectivity index (χ3n) is 5.17. The molecule has 0 amide bonds. The van der Waals surface area contributed by atoms with E-state index in [0.717, 1.165) is 25.3 Å². The van der Waals surface area contributed by atoms with E-state index < -0.39 is 0 Å². The van der Waals surface area contributed by atoms with Crippen molar-refractivity contribution in [2.24, 2.45) is 5.41 Å². The Labute approximate surface area is 121 Å². The van der Waals surface area contributed by atoms with E-state index in [2.05, 4.69) is 24.3 Å². The fourth-order valence-corrected chi connectivity index (χ4v) is 3.96. The molecule has 1 aromatic heterocycles. The third-order valence-corrected chi connectivity index (χ3v) is 5.17. The summed E-state index contributed by atoms with van der Waals surface area (Å²) in [5.74, 6) is 0.942. The minimum Gasteiger partial charge on any atom is -0.486 e. The lowest BCUT2D eigenvalue weighted by atomic mass is 9.60. The fourth-order valence-electron chi connectivity index (χ4n) is 3.96. The van der Waals surface area contributed by atoms with Crippen LogP contribution in [0.4, 0.5) is 0 Å². The molecule has 1 aromatic rings. The minimum absolute atomic E-state index is 0.383. The lowest BCUT2D eigenvalue weighted by Crippen LogP contribution is -2.63. The highest BCUT2D eigenvalue weighted by atomic mass is 16.5. The largest absolute Gasteiger partial charge is 0.486 e. The summed E-state index contributed by atoms with van der Waals surface area (Å²) >= 11 is 0. The van der Waals surface area contributed by atoms with Gasteiger partial charge in [-0.25, -0.2) is 0 Å². The van der Waals surface area contributed by atoms with E-state index in [-0.39, 0.29) is 0 Å². The van der Waals surface area contributed by atoms with Gasteiger partial charge < -0.3 is 10.1 Å². The number of ether oxygens (including phenoxy) is 1. The summed E-state index contributed by atoms with van der Waals surface area (Å²) in [7, 11) is 0. The molecule has 20 heavy (non-hydrogen) atoms. The van der Waals surface area contributed by atoms with E-state index in [1.165, 1.54) is 32.1 Å². The van der Waals surface area contributed by atoms with E-state index in [0.29, 0.717) is 17.6 Å². The second kappa shape index (κ2) is 5.76. The molecule has 0 radical (unpaired) electrons. The molecule has 2 atom stereocenters. The lowest BCUT2D eigenvalue weighted by molar-refractivity contribution is -0.0760. The predicted octanol–water partition coefficient (Wildman–Crippen LogP) is 2.98. The van der Waals surface area contributed by atoms with Gasteiger partial charge in [0.2, 0.25) is 0 Å². The molecule has 0 aromatic carbocycles. The highest BCUT2D eigenvalue weighted by Crippen LogP contribution is 2.54. The van der Waals surface area contributed by atoms with Crippen LogP contribution < -0.4 is 10.1 Å². The maximum atomic E-state index is 6.26. The molecule has 1 spiro atoms. The number of hydrogen-bond donors (Lipinski definition) is 1. The Hall–Kier alpha value is -1.03. The predicted molar refractivity (Wildman–Crippen MR) is 79.9 cm³/mol. The highest BCUT2D eigenvalue weighted by molar-refractivity contribution is 5.17. The maximum absolute atomic E-state index is 6.26. The van der Waals surface area contributed by atoms with Crippen LogP contribution in [0, 0.1) is 5.41 Å². The summed E-state index contributed by atoms with van der Waals surface area (Å²) < 4.78 is 8.19. The molecule has 1 N–H and O–H groups in total. The number of rotatable bonds is 6.